The number of nitrogens with one attached hydrogen (secondary N) is 2. The van der Waals surface area contributed by atoms with Gasteiger partial charge in [0, 0.05) is 5.69 Å². The number of amides is 4. The molecule has 3 rings (SSSR count). The fraction of sp³-hybridized carbons (Fsp3) is 0.368. The molecule has 2 aromatic rings. The van der Waals surface area contributed by atoms with Crippen LogP contribution in [0.4, 0.5) is 10.5 Å². The second kappa shape index (κ2) is 8.30. The number of benzene rings is 1. The summed E-state index contributed by atoms with van der Waals surface area (Å²) in [6.07, 6.45) is 3.03. The topological polar surface area (TPSA) is 91.4 Å². The Morgan fingerprint density at radius 1 is 1.37 bits per heavy atom. The second-order valence-corrected chi connectivity index (χ2v) is 7.50. The summed E-state index contributed by atoms with van der Waals surface area (Å²) in [7, 11) is 0. The molecule has 0 atom stereocenters. The van der Waals surface area contributed by atoms with Gasteiger partial charge in [-0.1, -0.05) is 25.5 Å². The zero-order chi connectivity index (χ0) is 19.4. The maximum Gasteiger partial charge on any atom is 0.324 e. The smallest absolute Gasteiger partial charge is 0.324 e. The first-order valence-corrected chi connectivity index (χ1v) is 9.74. The molecule has 2 heterocycles. The molecule has 1 fully saturated rings. The first-order valence-electron chi connectivity index (χ1n) is 8.92. The van der Waals surface area contributed by atoms with Crippen LogP contribution in [0.5, 0.6) is 0 Å². The van der Waals surface area contributed by atoms with Crippen LogP contribution in [0, 0.1) is 6.92 Å². The first kappa shape index (κ1) is 19.0. The molecule has 1 aliphatic rings. The van der Waals surface area contributed by atoms with Gasteiger partial charge in [0.25, 0.3) is 5.91 Å². The Balaban J connectivity index is 1.69. The number of hydrogen-bond acceptors (Lipinski definition) is 5. The third kappa shape index (κ3) is 4.51. The summed E-state index contributed by atoms with van der Waals surface area (Å²) in [6, 6.07) is 6.76. The molecule has 7 nitrogen and oxygen atoms in total. The van der Waals surface area contributed by atoms with Crippen LogP contribution in [0.15, 0.2) is 24.3 Å². The van der Waals surface area contributed by atoms with Crippen molar-refractivity contribution >= 4 is 34.9 Å². The number of aryl methyl sites for hydroxylation is 2. The third-order valence-electron chi connectivity index (χ3n) is 4.25. The van der Waals surface area contributed by atoms with Gasteiger partial charge in [0.05, 0.1) is 23.8 Å². The molecule has 8 heteroatoms. The van der Waals surface area contributed by atoms with Gasteiger partial charge in [0.2, 0.25) is 5.91 Å². The molecule has 0 radical (unpaired) electrons. The highest BCUT2D eigenvalue weighted by atomic mass is 32.1. The predicted molar refractivity (Wildman–Crippen MR) is 104 cm³/mol. The molecule has 1 aromatic carbocycles. The third-order valence-corrected chi connectivity index (χ3v) is 5.47. The van der Waals surface area contributed by atoms with E-state index in [1.807, 2.05) is 13.0 Å². The van der Waals surface area contributed by atoms with Gasteiger partial charge in [-0.2, -0.15) is 0 Å². The lowest BCUT2D eigenvalue weighted by atomic mass is 10.2. The summed E-state index contributed by atoms with van der Waals surface area (Å²) in [5.74, 6) is -0.450. The number of aromatic nitrogens is 1. The van der Waals surface area contributed by atoms with Gasteiger partial charge in [-0.05, 0) is 37.5 Å². The summed E-state index contributed by atoms with van der Waals surface area (Å²) < 4.78 is 0. The molecule has 2 N–H and O–H groups in total. The molecule has 1 aliphatic heterocycles. The van der Waals surface area contributed by atoms with Crippen LogP contribution >= 0.6 is 11.3 Å². The minimum absolute atomic E-state index is 0.0281. The molecular weight excluding hydrogens is 364 g/mol. The van der Waals surface area contributed by atoms with E-state index >= 15 is 0 Å². The van der Waals surface area contributed by atoms with Crippen molar-refractivity contribution in [2.24, 2.45) is 0 Å². The van der Waals surface area contributed by atoms with Crippen molar-refractivity contribution in [3.05, 3.63) is 45.4 Å². The van der Waals surface area contributed by atoms with E-state index in [1.54, 1.807) is 18.2 Å². The fourth-order valence-corrected chi connectivity index (χ4v) is 3.83. The van der Waals surface area contributed by atoms with E-state index in [-0.39, 0.29) is 24.9 Å². The van der Waals surface area contributed by atoms with Crippen LogP contribution in [0.1, 0.15) is 45.7 Å². The van der Waals surface area contributed by atoms with Gasteiger partial charge in [-0.15, -0.1) is 11.3 Å². The molecule has 0 spiro atoms. The average Bonchev–Trinajstić information content (AvgIpc) is 3.17. The lowest BCUT2D eigenvalue weighted by molar-refractivity contribution is -0.125. The lowest BCUT2D eigenvalue weighted by Crippen LogP contribution is -2.30. The number of unbranched alkanes of at least 4 members (excludes halogenated alkanes) is 1. The highest BCUT2D eigenvalue weighted by molar-refractivity contribution is 7.13. The number of anilines is 1. The Kier molecular flexibility index (Phi) is 5.85. The van der Waals surface area contributed by atoms with Crippen molar-refractivity contribution in [1.29, 1.82) is 0 Å². The minimum atomic E-state index is -0.394. The number of thiazole rings is 1. The number of rotatable bonds is 7. The summed E-state index contributed by atoms with van der Waals surface area (Å²) in [4.78, 5) is 42.3. The second-order valence-electron chi connectivity index (χ2n) is 6.42. The zero-order valence-electron chi connectivity index (χ0n) is 15.4. The molecule has 0 bridgehead atoms. The average molecular weight is 386 g/mol. The molecule has 1 saturated heterocycles. The van der Waals surface area contributed by atoms with Crippen LogP contribution in [0.25, 0.3) is 0 Å². The van der Waals surface area contributed by atoms with Crippen LogP contribution < -0.4 is 10.6 Å². The molecule has 0 aliphatic carbocycles. The van der Waals surface area contributed by atoms with Gasteiger partial charge in [-0.3, -0.25) is 14.5 Å². The van der Waals surface area contributed by atoms with E-state index < -0.39 is 6.03 Å². The maximum absolute atomic E-state index is 12.6. The number of nitrogens with zero attached hydrogens (tertiary/aromatic N) is 2. The Hall–Kier alpha value is -2.74. The molecule has 1 aromatic heterocycles. The van der Waals surface area contributed by atoms with E-state index in [0.717, 1.165) is 40.4 Å². The van der Waals surface area contributed by atoms with Gasteiger partial charge < -0.3 is 10.6 Å². The number of hydrogen-bond donors (Lipinski definition) is 2. The number of carbonyl (C=O) groups excluding carboxylic acids is 3. The quantitative estimate of drug-likeness (QED) is 0.716. The van der Waals surface area contributed by atoms with E-state index in [1.165, 1.54) is 11.3 Å². The molecule has 142 valence electrons. The predicted octanol–water partition coefficient (Wildman–Crippen LogP) is 3.10. The van der Waals surface area contributed by atoms with Crippen molar-refractivity contribution in [2.45, 2.75) is 39.7 Å². The molecule has 4 amide bonds. The molecule has 27 heavy (non-hydrogen) atoms. The van der Waals surface area contributed by atoms with Gasteiger partial charge in [0.15, 0.2) is 0 Å². The first-order chi connectivity index (χ1) is 13.0. The zero-order valence-corrected chi connectivity index (χ0v) is 16.2. The highest BCUT2D eigenvalue weighted by Crippen LogP contribution is 2.22. The van der Waals surface area contributed by atoms with Gasteiger partial charge >= 0.3 is 6.03 Å². The molecular formula is C19H22N4O3S. The van der Waals surface area contributed by atoms with Crippen molar-refractivity contribution in [3.63, 3.8) is 0 Å². The van der Waals surface area contributed by atoms with Crippen molar-refractivity contribution in [2.75, 3.05) is 11.9 Å². The van der Waals surface area contributed by atoms with Crippen molar-refractivity contribution in [1.82, 2.24) is 15.2 Å². The SMILES string of the molecule is CCCCc1nc(C)c(C(=O)Nc2cccc(CN3C(=O)CNC3=O)c2)s1. The standard InChI is InChI=1S/C19H22N4O3S/c1-3-4-8-15-21-12(2)17(27-15)18(25)22-14-7-5-6-13(9-14)11-23-16(24)10-20-19(23)26/h5-7,9H,3-4,8,10-11H2,1-2H3,(H,20,26)(H,22,25). The van der Waals surface area contributed by atoms with Crippen LogP contribution in [-0.4, -0.2) is 34.3 Å². The normalized spacial score (nSPS) is 13.8. The lowest BCUT2D eigenvalue weighted by Gasteiger charge is -2.13. The number of carbonyl (C=O) groups is 3. The fourth-order valence-electron chi connectivity index (χ4n) is 2.83. The molecule has 0 saturated carbocycles. The Morgan fingerprint density at radius 3 is 2.89 bits per heavy atom. The van der Waals surface area contributed by atoms with Crippen LogP contribution in [0.3, 0.4) is 0 Å². The Morgan fingerprint density at radius 2 is 2.19 bits per heavy atom. The summed E-state index contributed by atoms with van der Waals surface area (Å²) >= 11 is 1.43. The number of urea groups is 1. The Bertz CT molecular complexity index is 862. The van der Waals surface area contributed by atoms with Crippen LogP contribution in [-0.2, 0) is 17.8 Å². The maximum atomic E-state index is 12.6. The van der Waals surface area contributed by atoms with Crippen LogP contribution in [0.2, 0.25) is 0 Å². The highest BCUT2D eigenvalue weighted by Gasteiger charge is 2.28. The largest absolute Gasteiger partial charge is 0.329 e. The van der Waals surface area contributed by atoms with E-state index in [9.17, 15) is 14.4 Å². The summed E-state index contributed by atoms with van der Waals surface area (Å²) in [6.45, 7) is 4.17. The van der Waals surface area contributed by atoms with Gasteiger partial charge in [-0.25, -0.2) is 9.78 Å². The molecule has 0 unspecified atom stereocenters. The van der Waals surface area contributed by atoms with Crippen molar-refractivity contribution in [3.8, 4) is 0 Å². The number of imide groups is 1. The van der Waals surface area contributed by atoms with Gasteiger partial charge in [0.1, 0.15) is 4.88 Å². The van der Waals surface area contributed by atoms with E-state index in [4.69, 9.17) is 0 Å². The summed E-state index contributed by atoms with van der Waals surface area (Å²) in [5, 5.41) is 6.36. The monoisotopic (exact) mass is 386 g/mol. The Labute approximate surface area is 161 Å². The van der Waals surface area contributed by atoms with E-state index in [2.05, 4.69) is 22.5 Å². The minimum Gasteiger partial charge on any atom is -0.329 e. The van der Waals surface area contributed by atoms with Crippen molar-refractivity contribution < 1.29 is 14.4 Å². The van der Waals surface area contributed by atoms with E-state index in [0.29, 0.717) is 10.6 Å². The summed E-state index contributed by atoms with van der Waals surface area (Å²) in [5.41, 5.74) is 2.12.